The van der Waals surface area contributed by atoms with Crippen LogP contribution in [0.5, 0.6) is 0 Å². The van der Waals surface area contributed by atoms with Crippen molar-refractivity contribution in [2.45, 2.75) is 39.7 Å². The van der Waals surface area contributed by atoms with E-state index in [1.165, 1.54) is 0 Å². The number of hydrogen-bond donors (Lipinski definition) is 0. The van der Waals surface area contributed by atoms with Gasteiger partial charge >= 0.3 is 11.9 Å². The van der Waals surface area contributed by atoms with Crippen molar-refractivity contribution in [1.29, 1.82) is 0 Å². The maximum absolute atomic E-state index is 12.8. The normalized spacial score (nSPS) is 26.3. The maximum Gasteiger partial charge on any atom is 0.319 e. The van der Waals surface area contributed by atoms with Gasteiger partial charge in [0.05, 0.1) is 13.2 Å². The van der Waals surface area contributed by atoms with Crippen LogP contribution >= 0.6 is 0 Å². The molecule has 0 bridgehead atoms. The largest absolute Gasteiger partial charge is 0.466 e. The molecule has 0 aromatic heterocycles. The molecule has 0 amide bonds. The molecule has 0 aliphatic carbocycles. The number of esters is 2. The average molecular weight is 346 g/mol. The molecule has 0 N–H and O–H groups in total. The van der Waals surface area contributed by atoms with E-state index in [-0.39, 0.29) is 23.9 Å². The Hall–Kier alpha value is -2.17. The molecule has 136 valence electrons. The summed E-state index contributed by atoms with van der Waals surface area (Å²) in [5.74, 6) is -1.80. The Bertz CT molecular complexity index is 653. The summed E-state index contributed by atoms with van der Waals surface area (Å²) in [6.45, 7) is 8.17. The molecular weight excluding hydrogens is 318 g/mol. The first-order valence-corrected chi connectivity index (χ1v) is 8.88. The zero-order chi connectivity index (χ0) is 18.6. The van der Waals surface area contributed by atoms with Crippen LogP contribution in [0, 0.1) is 11.8 Å². The van der Waals surface area contributed by atoms with E-state index < -0.39 is 11.8 Å². The lowest BCUT2D eigenvalue weighted by atomic mass is 9.69. The molecule has 5 nitrogen and oxygen atoms in total. The van der Waals surface area contributed by atoms with Crippen LogP contribution < -0.4 is 0 Å². The van der Waals surface area contributed by atoms with Crippen LogP contribution in [0.2, 0.25) is 0 Å². The Morgan fingerprint density at radius 2 is 1.60 bits per heavy atom. The minimum Gasteiger partial charge on any atom is -0.466 e. The van der Waals surface area contributed by atoms with Crippen molar-refractivity contribution in [3.63, 3.8) is 0 Å². The summed E-state index contributed by atoms with van der Waals surface area (Å²) in [4.78, 5) is 25.5. The van der Waals surface area contributed by atoms with E-state index in [4.69, 9.17) is 9.47 Å². The molecule has 4 unspecified atom stereocenters. The number of carbonyl (C=O) groups excluding carboxylic acids is 2. The second kappa shape index (κ2) is 8.28. The molecule has 1 aromatic rings. The first kappa shape index (κ1) is 19.2. The van der Waals surface area contributed by atoms with Gasteiger partial charge < -0.3 is 9.47 Å². The predicted octanol–water partition coefficient (Wildman–Crippen LogP) is 2.63. The molecule has 1 heterocycles. The second-order valence-corrected chi connectivity index (χ2v) is 6.44. The third-order valence-electron chi connectivity index (χ3n) is 5.17. The summed E-state index contributed by atoms with van der Waals surface area (Å²) in [6.07, 6.45) is 0. The van der Waals surface area contributed by atoms with Gasteiger partial charge in [-0.25, -0.2) is 4.58 Å². The number of nitrogens with zero attached hydrogens (tertiary/aromatic N) is 1. The fraction of sp³-hybridized carbons (Fsp3) is 0.550. The Balaban J connectivity index is 2.60. The molecule has 2 rings (SSSR count). The van der Waals surface area contributed by atoms with E-state index in [1.807, 2.05) is 55.8 Å². The molecular formula is C20H28NO4+. The molecule has 1 aromatic carbocycles. The smallest absolute Gasteiger partial charge is 0.319 e. The first-order valence-electron chi connectivity index (χ1n) is 8.88. The van der Waals surface area contributed by atoms with Gasteiger partial charge in [0, 0.05) is 12.8 Å². The van der Waals surface area contributed by atoms with E-state index in [1.54, 1.807) is 13.8 Å². The van der Waals surface area contributed by atoms with Crippen LogP contribution in [0.25, 0.3) is 0 Å². The molecule has 0 saturated heterocycles. The monoisotopic (exact) mass is 346 g/mol. The zero-order valence-corrected chi connectivity index (χ0v) is 15.7. The Morgan fingerprint density at radius 1 is 1.04 bits per heavy atom. The van der Waals surface area contributed by atoms with Crippen LogP contribution in [0.3, 0.4) is 0 Å². The Labute approximate surface area is 149 Å². The number of rotatable bonds is 5. The lowest BCUT2D eigenvalue weighted by Crippen LogP contribution is -2.52. The van der Waals surface area contributed by atoms with Crippen molar-refractivity contribution in [2.75, 3.05) is 20.3 Å². The van der Waals surface area contributed by atoms with Crippen LogP contribution in [-0.4, -0.2) is 48.5 Å². The molecule has 25 heavy (non-hydrogen) atoms. The van der Waals surface area contributed by atoms with Gasteiger partial charge in [0.25, 0.3) is 0 Å². The van der Waals surface area contributed by atoms with Gasteiger partial charge in [-0.15, -0.1) is 0 Å². The van der Waals surface area contributed by atoms with Gasteiger partial charge in [0.1, 0.15) is 18.9 Å². The highest BCUT2D eigenvalue weighted by Gasteiger charge is 2.53. The molecule has 0 fully saturated rings. The van der Waals surface area contributed by atoms with Gasteiger partial charge in [0.2, 0.25) is 0 Å². The number of benzene rings is 1. The zero-order valence-electron chi connectivity index (χ0n) is 15.7. The van der Waals surface area contributed by atoms with Crippen LogP contribution in [-0.2, 0) is 19.1 Å². The van der Waals surface area contributed by atoms with Crippen molar-refractivity contribution in [2.24, 2.45) is 11.8 Å². The fourth-order valence-electron chi connectivity index (χ4n) is 3.76. The number of hydrogen-bond acceptors (Lipinski definition) is 4. The summed E-state index contributed by atoms with van der Waals surface area (Å²) < 4.78 is 12.7. The molecule has 0 radical (unpaired) electrons. The van der Waals surface area contributed by atoms with E-state index >= 15 is 0 Å². The van der Waals surface area contributed by atoms with Crippen molar-refractivity contribution in [3.05, 3.63) is 35.9 Å². The summed E-state index contributed by atoms with van der Waals surface area (Å²) in [6, 6.07) is 9.64. The molecule has 5 heteroatoms. The van der Waals surface area contributed by atoms with E-state index in [0.29, 0.717) is 13.2 Å². The lowest BCUT2D eigenvalue weighted by Gasteiger charge is -2.36. The second-order valence-electron chi connectivity index (χ2n) is 6.44. The summed E-state index contributed by atoms with van der Waals surface area (Å²) in [5.41, 5.74) is 1.87. The summed E-state index contributed by atoms with van der Waals surface area (Å²) in [7, 11) is 1.92. The molecule has 1 aliphatic heterocycles. The highest BCUT2D eigenvalue weighted by atomic mass is 16.5. The number of ether oxygens (including phenoxy) is 2. The molecule has 1 aliphatic rings. The summed E-state index contributed by atoms with van der Waals surface area (Å²) in [5, 5.41) is 0. The predicted molar refractivity (Wildman–Crippen MR) is 95.8 cm³/mol. The average Bonchev–Trinajstić information content (AvgIpc) is 2.60. The van der Waals surface area contributed by atoms with Crippen molar-refractivity contribution >= 4 is 17.7 Å². The molecule has 0 spiro atoms. The van der Waals surface area contributed by atoms with Crippen molar-refractivity contribution in [3.8, 4) is 0 Å². The lowest BCUT2D eigenvalue weighted by molar-refractivity contribution is -0.550. The topological polar surface area (TPSA) is 55.6 Å². The quantitative estimate of drug-likeness (QED) is 0.607. The maximum atomic E-state index is 12.8. The first-order chi connectivity index (χ1) is 11.9. The van der Waals surface area contributed by atoms with Gasteiger partial charge in [0.15, 0.2) is 11.8 Å². The van der Waals surface area contributed by atoms with Gasteiger partial charge in [-0.05, 0) is 26.3 Å². The Morgan fingerprint density at radius 3 is 2.16 bits per heavy atom. The van der Waals surface area contributed by atoms with Crippen LogP contribution in [0.15, 0.2) is 30.3 Å². The van der Waals surface area contributed by atoms with Crippen molar-refractivity contribution in [1.82, 2.24) is 0 Å². The standard InChI is InChI=1S/C20H28NO4/c1-6-24-19(22)16-13(3)21(5)14(4)17(20(23)25-7-2)18(16)15-11-9-8-10-12-15/h8-13,16-18H,6-7H2,1-5H3/q+1. The van der Waals surface area contributed by atoms with E-state index in [0.717, 1.165) is 11.3 Å². The molecule has 0 saturated carbocycles. The Kier molecular flexibility index (Phi) is 6.34. The minimum absolute atomic E-state index is 0.0741. The third-order valence-corrected chi connectivity index (χ3v) is 5.17. The molecule has 4 atom stereocenters. The van der Waals surface area contributed by atoms with Gasteiger partial charge in [-0.1, -0.05) is 30.3 Å². The fourth-order valence-corrected chi connectivity index (χ4v) is 3.76. The third kappa shape index (κ3) is 3.75. The summed E-state index contributed by atoms with van der Waals surface area (Å²) >= 11 is 0. The van der Waals surface area contributed by atoms with Crippen molar-refractivity contribution < 1.29 is 23.6 Å². The number of carbonyl (C=O) groups is 2. The van der Waals surface area contributed by atoms with Crippen LogP contribution in [0.4, 0.5) is 0 Å². The van der Waals surface area contributed by atoms with E-state index in [9.17, 15) is 9.59 Å². The minimum atomic E-state index is -0.502. The highest BCUT2D eigenvalue weighted by Crippen LogP contribution is 2.40. The van der Waals surface area contributed by atoms with Crippen LogP contribution in [0.1, 0.15) is 39.2 Å². The SMILES string of the molecule is CCOC(=O)C1C(C)=[N+](C)C(C)C(C(=O)OCC)C1c1ccccc1. The van der Waals surface area contributed by atoms with Gasteiger partial charge in [-0.3, -0.25) is 9.59 Å². The van der Waals surface area contributed by atoms with Gasteiger partial charge in [-0.2, -0.15) is 0 Å². The highest BCUT2D eigenvalue weighted by molar-refractivity contribution is 6.00. The van der Waals surface area contributed by atoms with E-state index in [2.05, 4.69) is 0 Å².